The number of carbonyl (C=O) groups excluding carboxylic acids is 1. The minimum absolute atomic E-state index is 0.0814. The van der Waals surface area contributed by atoms with Gasteiger partial charge < -0.3 is 14.8 Å². The van der Waals surface area contributed by atoms with Gasteiger partial charge in [-0.3, -0.25) is 9.59 Å². The lowest BCUT2D eigenvalue weighted by Gasteiger charge is -2.07. The molecule has 0 spiro atoms. The van der Waals surface area contributed by atoms with E-state index in [0.717, 1.165) is 5.56 Å². The van der Waals surface area contributed by atoms with Crippen LogP contribution in [0.2, 0.25) is 0 Å². The third-order valence-corrected chi connectivity index (χ3v) is 4.04. The normalized spacial score (nSPS) is 10.6. The van der Waals surface area contributed by atoms with Gasteiger partial charge in [0.2, 0.25) is 5.43 Å². The predicted molar refractivity (Wildman–Crippen MR) is 103 cm³/mol. The fourth-order valence-corrected chi connectivity index (χ4v) is 2.59. The van der Waals surface area contributed by atoms with Crippen molar-refractivity contribution >= 4 is 33.5 Å². The second-order valence-electron chi connectivity index (χ2n) is 5.08. The van der Waals surface area contributed by atoms with Crippen LogP contribution >= 0.6 is 15.9 Å². The molecule has 0 aliphatic carbocycles. The van der Waals surface area contributed by atoms with Gasteiger partial charge >= 0.3 is 0 Å². The number of allylic oxidation sites excluding steroid dienone is 1. The molecule has 0 amide bonds. The first-order valence-electron chi connectivity index (χ1n) is 7.46. The molecule has 0 unspecified atom stereocenters. The van der Waals surface area contributed by atoms with E-state index in [0.29, 0.717) is 21.7 Å². The van der Waals surface area contributed by atoms with Crippen LogP contribution in [0.15, 0.2) is 51.7 Å². The average Bonchev–Trinajstić information content (AvgIpc) is 2.77. The van der Waals surface area contributed by atoms with Crippen molar-refractivity contribution in [3.8, 4) is 11.5 Å². The monoisotopic (exact) mass is 403 g/mol. The second-order valence-corrected chi connectivity index (χ2v) is 6.00. The lowest BCUT2D eigenvalue weighted by molar-refractivity contribution is 0.104. The van der Waals surface area contributed by atoms with Gasteiger partial charge in [0.1, 0.15) is 0 Å². The summed E-state index contributed by atoms with van der Waals surface area (Å²) in [5.74, 6) is 0.784. The van der Waals surface area contributed by atoms with Crippen molar-refractivity contribution in [2.24, 2.45) is 0 Å². The summed E-state index contributed by atoms with van der Waals surface area (Å²) >= 11 is 3.32. The van der Waals surface area contributed by atoms with Crippen LogP contribution in [0, 0.1) is 0 Å². The molecule has 0 atom stereocenters. The number of ketones is 1. The highest BCUT2D eigenvalue weighted by Gasteiger charge is 2.10. The Morgan fingerprint density at radius 3 is 2.44 bits per heavy atom. The summed E-state index contributed by atoms with van der Waals surface area (Å²) in [6.45, 7) is 0. The van der Waals surface area contributed by atoms with E-state index in [-0.39, 0.29) is 16.8 Å². The molecule has 0 aliphatic rings. The molecular weight excluding hydrogens is 386 g/mol. The summed E-state index contributed by atoms with van der Waals surface area (Å²) in [5, 5.41) is 2.80. The van der Waals surface area contributed by atoms with E-state index in [1.165, 1.54) is 12.1 Å². The van der Waals surface area contributed by atoms with Crippen molar-refractivity contribution in [3.05, 3.63) is 68.3 Å². The number of nitrogens with one attached hydrogen (secondary N) is 1. The molecule has 0 saturated heterocycles. The fraction of sp³-hybridized carbons (Fsp3) is 0.158. The third-order valence-electron chi connectivity index (χ3n) is 3.55. The Bertz CT molecular complexity index is 878. The standard InChI is InChI=1S/C19H18BrNO4/c1-21-15-7-6-13(20)11-14(19(15)23)16(22)8-4-12-5-9-17(24-2)18(10-12)25-3/h4-11H,1-3H3,(H,21,23). The summed E-state index contributed by atoms with van der Waals surface area (Å²) in [5.41, 5.74) is 0.841. The highest BCUT2D eigenvalue weighted by molar-refractivity contribution is 9.10. The van der Waals surface area contributed by atoms with Gasteiger partial charge in [0.05, 0.1) is 25.5 Å². The topological polar surface area (TPSA) is 64.6 Å². The number of carbonyl (C=O) groups is 1. The summed E-state index contributed by atoms with van der Waals surface area (Å²) in [6.07, 6.45) is 2.99. The summed E-state index contributed by atoms with van der Waals surface area (Å²) in [7, 11) is 4.73. The largest absolute Gasteiger partial charge is 0.493 e. The lowest BCUT2D eigenvalue weighted by atomic mass is 10.1. The average molecular weight is 404 g/mol. The van der Waals surface area contributed by atoms with Crippen LogP contribution in [0.4, 0.5) is 5.69 Å². The van der Waals surface area contributed by atoms with Crippen LogP contribution in [0.25, 0.3) is 6.08 Å². The number of anilines is 1. The number of hydrogen-bond donors (Lipinski definition) is 1. The van der Waals surface area contributed by atoms with Crippen LogP contribution in [0.1, 0.15) is 15.9 Å². The number of methoxy groups -OCH3 is 2. The highest BCUT2D eigenvalue weighted by Crippen LogP contribution is 2.28. The Kier molecular flexibility index (Phi) is 6.36. The van der Waals surface area contributed by atoms with Crippen molar-refractivity contribution in [2.45, 2.75) is 0 Å². The lowest BCUT2D eigenvalue weighted by Crippen LogP contribution is -2.14. The predicted octanol–water partition coefficient (Wildman–Crippen LogP) is 3.76. The van der Waals surface area contributed by atoms with Crippen molar-refractivity contribution in [1.29, 1.82) is 0 Å². The summed E-state index contributed by atoms with van der Waals surface area (Å²) in [6, 6.07) is 10.2. The van der Waals surface area contributed by atoms with E-state index in [2.05, 4.69) is 21.2 Å². The van der Waals surface area contributed by atoms with E-state index >= 15 is 0 Å². The molecular formula is C19H18BrNO4. The Morgan fingerprint density at radius 1 is 1.08 bits per heavy atom. The molecule has 1 N–H and O–H groups in total. The number of halogens is 1. The molecule has 25 heavy (non-hydrogen) atoms. The Hall–Kier alpha value is -2.60. The molecule has 0 saturated carbocycles. The van der Waals surface area contributed by atoms with Crippen molar-refractivity contribution in [2.75, 3.05) is 26.6 Å². The number of ether oxygens (including phenoxy) is 2. The van der Waals surface area contributed by atoms with Crippen molar-refractivity contribution < 1.29 is 14.3 Å². The van der Waals surface area contributed by atoms with Crippen LogP contribution < -0.4 is 20.2 Å². The molecule has 5 nitrogen and oxygen atoms in total. The molecule has 0 fully saturated rings. The second kappa shape index (κ2) is 8.48. The smallest absolute Gasteiger partial charge is 0.212 e. The van der Waals surface area contributed by atoms with Crippen molar-refractivity contribution in [3.63, 3.8) is 0 Å². The van der Waals surface area contributed by atoms with Gasteiger partial charge in [0.15, 0.2) is 17.3 Å². The molecule has 2 aromatic rings. The van der Waals surface area contributed by atoms with Crippen LogP contribution in [-0.2, 0) is 0 Å². The maximum absolute atomic E-state index is 12.5. The van der Waals surface area contributed by atoms with Gasteiger partial charge in [-0.1, -0.05) is 28.1 Å². The number of rotatable bonds is 6. The maximum atomic E-state index is 12.5. The minimum atomic E-state index is -0.381. The van der Waals surface area contributed by atoms with Crippen LogP contribution in [0.3, 0.4) is 0 Å². The highest BCUT2D eigenvalue weighted by atomic mass is 79.9. The molecule has 0 bridgehead atoms. The zero-order valence-electron chi connectivity index (χ0n) is 14.1. The Balaban J connectivity index is 2.37. The van der Waals surface area contributed by atoms with Crippen LogP contribution in [0.5, 0.6) is 11.5 Å². The van der Waals surface area contributed by atoms with Gasteiger partial charge in [0.25, 0.3) is 0 Å². The summed E-state index contributed by atoms with van der Waals surface area (Å²) in [4.78, 5) is 24.9. The van der Waals surface area contributed by atoms with Gasteiger partial charge in [-0.05, 0) is 42.0 Å². The molecule has 130 valence electrons. The SMILES string of the molecule is CNc1ccc(Br)cc(C(=O)C=Cc2ccc(OC)c(OC)c2)c1=O. The van der Waals surface area contributed by atoms with E-state index in [9.17, 15) is 9.59 Å². The van der Waals surface area contributed by atoms with Crippen LogP contribution in [-0.4, -0.2) is 27.1 Å². The maximum Gasteiger partial charge on any atom is 0.212 e. The molecule has 2 aromatic carbocycles. The molecule has 0 radical (unpaired) electrons. The Labute approximate surface area is 154 Å². The quantitative estimate of drug-likeness (QED) is 0.587. The zero-order valence-corrected chi connectivity index (χ0v) is 15.7. The van der Waals surface area contributed by atoms with Gasteiger partial charge in [-0.15, -0.1) is 0 Å². The van der Waals surface area contributed by atoms with Gasteiger partial charge in [-0.25, -0.2) is 0 Å². The number of hydrogen-bond acceptors (Lipinski definition) is 5. The first-order valence-corrected chi connectivity index (χ1v) is 8.25. The van der Waals surface area contributed by atoms with Crippen molar-refractivity contribution in [1.82, 2.24) is 0 Å². The first-order chi connectivity index (χ1) is 12.0. The number of benzene rings is 1. The van der Waals surface area contributed by atoms with E-state index < -0.39 is 0 Å². The Morgan fingerprint density at radius 2 is 1.80 bits per heavy atom. The van der Waals surface area contributed by atoms with Gasteiger partial charge in [-0.2, -0.15) is 0 Å². The van der Waals surface area contributed by atoms with E-state index in [4.69, 9.17) is 9.47 Å². The summed E-state index contributed by atoms with van der Waals surface area (Å²) < 4.78 is 11.1. The minimum Gasteiger partial charge on any atom is -0.493 e. The fourth-order valence-electron chi connectivity index (χ4n) is 2.23. The zero-order chi connectivity index (χ0) is 18.4. The van der Waals surface area contributed by atoms with E-state index in [1.54, 1.807) is 57.7 Å². The third kappa shape index (κ3) is 4.48. The molecule has 0 aromatic heterocycles. The van der Waals surface area contributed by atoms with E-state index in [1.807, 2.05) is 0 Å². The first kappa shape index (κ1) is 18.7. The van der Waals surface area contributed by atoms with Gasteiger partial charge in [0, 0.05) is 11.5 Å². The molecule has 0 aliphatic heterocycles. The molecule has 0 heterocycles. The molecule has 6 heteroatoms. The molecule has 2 rings (SSSR count).